The summed E-state index contributed by atoms with van der Waals surface area (Å²) in [5.41, 5.74) is 2.63. The molecule has 18 heavy (non-hydrogen) atoms. The maximum Gasteiger partial charge on any atom is 0.0590 e. The van der Waals surface area contributed by atoms with Crippen molar-refractivity contribution in [3.8, 4) is 0 Å². The fourth-order valence-electron chi connectivity index (χ4n) is 2.13. The highest BCUT2D eigenvalue weighted by molar-refractivity contribution is 5.80. The normalized spacial score (nSPS) is 11.2. The van der Waals surface area contributed by atoms with Gasteiger partial charge >= 0.3 is 0 Å². The third-order valence-corrected chi connectivity index (χ3v) is 3.08. The fraction of sp³-hybridized carbons (Fsp3) is 0.467. The van der Waals surface area contributed by atoms with Crippen LogP contribution in [0.25, 0.3) is 10.9 Å². The Labute approximate surface area is 109 Å². The SMILES string of the molecule is CCOCCNCCn1ccc2cc(C)ccc21. The van der Waals surface area contributed by atoms with E-state index in [1.165, 1.54) is 16.5 Å². The maximum absolute atomic E-state index is 5.28. The van der Waals surface area contributed by atoms with E-state index in [-0.39, 0.29) is 0 Å². The molecule has 0 aliphatic rings. The molecule has 0 radical (unpaired) electrons. The quantitative estimate of drug-likeness (QED) is 0.760. The number of rotatable bonds is 7. The van der Waals surface area contributed by atoms with Gasteiger partial charge in [0.05, 0.1) is 6.61 Å². The molecule has 98 valence electrons. The Morgan fingerprint density at radius 1 is 1.22 bits per heavy atom. The largest absolute Gasteiger partial charge is 0.380 e. The van der Waals surface area contributed by atoms with Crippen molar-refractivity contribution in [3.63, 3.8) is 0 Å². The van der Waals surface area contributed by atoms with Crippen LogP contribution >= 0.6 is 0 Å². The number of nitrogens with one attached hydrogen (secondary N) is 1. The lowest BCUT2D eigenvalue weighted by atomic mass is 10.2. The van der Waals surface area contributed by atoms with Crippen LogP contribution in [-0.4, -0.2) is 30.9 Å². The minimum absolute atomic E-state index is 0.794. The molecule has 0 aliphatic heterocycles. The van der Waals surface area contributed by atoms with Gasteiger partial charge in [-0.15, -0.1) is 0 Å². The Kier molecular flexibility index (Phi) is 4.79. The van der Waals surface area contributed by atoms with Crippen molar-refractivity contribution >= 4 is 10.9 Å². The second-order valence-corrected chi connectivity index (χ2v) is 4.52. The first kappa shape index (κ1) is 13.1. The van der Waals surface area contributed by atoms with Gasteiger partial charge < -0.3 is 14.6 Å². The Balaban J connectivity index is 1.84. The molecular formula is C15H22N2O. The molecule has 1 N–H and O–H groups in total. The van der Waals surface area contributed by atoms with Crippen molar-refractivity contribution in [3.05, 3.63) is 36.0 Å². The van der Waals surface area contributed by atoms with E-state index in [0.29, 0.717) is 0 Å². The zero-order chi connectivity index (χ0) is 12.8. The van der Waals surface area contributed by atoms with Gasteiger partial charge in [0.1, 0.15) is 0 Å². The van der Waals surface area contributed by atoms with E-state index in [1.54, 1.807) is 0 Å². The second-order valence-electron chi connectivity index (χ2n) is 4.52. The monoisotopic (exact) mass is 246 g/mol. The van der Waals surface area contributed by atoms with Crippen molar-refractivity contribution in [2.24, 2.45) is 0 Å². The molecule has 1 heterocycles. The van der Waals surface area contributed by atoms with E-state index in [9.17, 15) is 0 Å². The Hall–Kier alpha value is -1.32. The molecule has 0 aliphatic carbocycles. The first-order valence-corrected chi connectivity index (χ1v) is 6.65. The molecule has 0 bridgehead atoms. The number of ether oxygens (including phenoxy) is 1. The van der Waals surface area contributed by atoms with E-state index < -0.39 is 0 Å². The minimum atomic E-state index is 0.794. The molecule has 1 aromatic carbocycles. The van der Waals surface area contributed by atoms with E-state index >= 15 is 0 Å². The van der Waals surface area contributed by atoms with Gasteiger partial charge in [0.25, 0.3) is 0 Å². The van der Waals surface area contributed by atoms with Gasteiger partial charge in [0.2, 0.25) is 0 Å². The minimum Gasteiger partial charge on any atom is -0.380 e. The summed E-state index contributed by atoms with van der Waals surface area (Å²) < 4.78 is 7.58. The number of nitrogens with zero attached hydrogens (tertiary/aromatic N) is 1. The van der Waals surface area contributed by atoms with Gasteiger partial charge in [0, 0.05) is 38.0 Å². The third-order valence-electron chi connectivity index (χ3n) is 3.08. The summed E-state index contributed by atoms with van der Waals surface area (Å²) in [5.74, 6) is 0. The maximum atomic E-state index is 5.28. The molecule has 2 aromatic rings. The van der Waals surface area contributed by atoms with Crippen LogP contribution in [0, 0.1) is 6.92 Å². The van der Waals surface area contributed by atoms with E-state index in [0.717, 1.165) is 32.8 Å². The zero-order valence-electron chi connectivity index (χ0n) is 11.3. The van der Waals surface area contributed by atoms with Crippen LogP contribution in [0.5, 0.6) is 0 Å². The molecule has 3 nitrogen and oxygen atoms in total. The molecule has 2 rings (SSSR count). The van der Waals surface area contributed by atoms with Gasteiger partial charge in [0.15, 0.2) is 0 Å². The molecule has 0 fully saturated rings. The third kappa shape index (κ3) is 3.34. The Morgan fingerprint density at radius 3 is 2.94 bits per heavy atom. The molecule has 0 amide bonds. The number of hydrogen-bond donors (Lipinski definition) is 1. The Bertz CT molecular complexity index is 490. The lowest BCUT2D eigenvalue weighted by molar-refractivity contribution is 0.149. The van der Waals surface area contributed by atoms with E-state index in [4.69, 9.17) is 4.74 Å². The lowest BCUT2D eigenvalue weighted by Gasteiger charge is -2.07. The average Bonchev–Trinajstić information content (AvgIpc) is 2.76. The van der Waals surface area contributed by atoms with Crippen LogP contribution in [0.1, 0.15) is 12.5 Å². The number of hydrogen-bond acceptors (Lipinski definition) is 2. The molecule has 1 aromatic heterocycles. The molecule has 0 unspecified atom stereocenters. The molecule has 0 atom stereocenters. The van der Waals surface area contributed by atoms with Crippen LogP contribution < -0.4 is 5.32 Å². The number of aromatic nitrogens is 1. The zero-order valence-corrected chi connectivity index (χ0v) is 11.3. The molecule has 0 spiro atoms. The van der Waals surface area contributed by atoms with Crippen molar-refractivity contribution in [1.29, 1.82) is 0 Å². The summed E-state index contributed by atoms with van der Waals surface area (Å²) >= 11 is 0. The Morgan fingerprint density at radius 2 is 2.11 bits per heavy atom. The van der Waals surface area contributed by atoms with Crippen LogP contribution in [-0.2, 0) is 11.3 Å². The van der Waals surface area contributed by atoms with Crippen molar-refractivity contribution in [2.45, 2.75) is 20.4 Å². The van der Waals surface area contributed by atoms with Crippen molar-refractivity contribution in [2.75, 3.05) is 26.3 Å². The number of fused-ring (bicyclic) bond motifs is 1. The highest BCUT2D eigenvalue weighted by atomic mass is 16.5. The summed E-state index contributed by atoms with van der Waals surface area (Å²) in [5, 5.41) is 4.71. The fourth-order valence-corrected chi connectivity index (χ4v) is 2.13. The molecule has 3 heteroatoms. The molecular weight excluding hydrogens is 224 g/mol. The van der Waals surface area contributed by atoms with Gasteiger partial charge in [-0.25, -0.2) is 0 Å². The highest BCUT2D eigenvalue weighted by Gasteiger charge is 2.00. The summed E-state index contributed by atoms with van der Waals surface area (Å²) in [6.45, 7) is 8.64. The van der Waals surface area contributed by atoms with Gasteiger partial charge in [-0.05, 0) is 37.4 Å². The van der Waals surface area contributed by atoms with Crippen LogP contribution in [0.15, 0.2) is 30.5 Å². The first-order chi connectivity index (χ1) is 8.81. The summed E-state index contributed by atoms with van der Waals surface area (Å²) in [6.07, 6.45) is 2.16. The van der Waals surface area contributed by atoms with Crippen molar-refractivity contribution < 1.29 is 4.74 Å². The van der Waals surface area contributed by atoms with Crippen molar-refractivity contribution in [1.82, 2.24) is 9.88 Å². The molecule has 0 saturated carbocycles. The molecule has 0 saturated heterocycles. The standard InChI is InChI=1S/C15H22N2O/c1-3-18-11-8-16-7-10-17-9-6-14-12-13(2)4-5-15(14)17/h4-6,9,12,16H,3,7-8,10-11H2,1-2H3. The summed E-state index contributed by atoms with van der Waals surface area (Å²) in [7, 11) is 0. The lowest BCUT2D eigenvalue weighted by Crippen LogP contribution is -2.23. The van der Waals surface area contributed by atoms with Crippen LogP contribution in [0.3, 0.4) is 0 Å². The first-order valence-electron chi connectivity index (χ1n) is 6.65. The smallest absolute Gasteiger partial charge is 0.0590 e. The predicted molar refractivity (Wildman–Crippen MR) is 76.0 cm³/mol. The predicted octanol–water partition coefficient (Wildman–Crippen LogP) is 2.58. The number of aryl methyl sites for hydroxylation is 1. The van der Waals surface area contributed by atoms with E-state index in [2.05, 4.69) is 47.3 Å². The van der Waals surface area contributed by atoms with Gasteiger partial charge in [-0.2, -0.15) is 0 Å². The van der Waals surface area contributed by atoms with Crippen LogP contribution in [0.2, 0.25) is 0 Å². The van der Waals surface area contributed by atoms with Crippen LogP contribution in [0.4, 0.5) is 0 Å². The van der Waals surface area contributed by atoms with E-state index in [1.807, 2.05) is 6.92 Å². The van der Waals surface area contributed by atoms with Gasteiger partial charge in [-0.1, -0.05) is 11.6 Å². The second kappa shape index (κ2) is 6.57. The summed E-state index contributed by atoms with van der Waals surface area (Å²) in [6, 6.07) is 8.78. The topological polar surface area (TPSA) is 26.2 Å². The van der Waals surface area contributed by atoms with Gasteiger partial charge in [-0.3, -0.25) is 0 Å². The summed E-state index contributed by atoms with van der Waals surface area (Å²) in [4.78, 5) is 0. The average molecular weight is 246 g/mol. The number of benzene rings is 1. The highest BCUT2D eigenvalue weighted by Crippen LogP contribution is 2.16.